The number of hydrogen-bond donors (Lipinski definition) is 1. The van der Waals surface area contributed by atoms with E-state index in [1.165, 1.54) is 40.9 Å². The Morgan fingerprint density at radius 1 is 1.05 bits per heavy atom. The van der Waals surface area contributed by atoms with E-state index in [0.717, 1.165) is 12.6 Å². The lowest BCUT2D eigenvalue weighted by Gasteiger charge is -2.25. The molecule has 0 aromatic heterocycles. The fourth-order valence-corrected chi connectivity index (χ4v) is 2.79. The van der Waals surface area contributed by atoms with Gasteiger partial charge < -0.3 is 10.2 Å². The summed E-state index contributed by atoms with van der Waals surface area (Å²) in [6, 6.07) is 16.0. The molecule has 2 aromatic rings. The summed E-state index contributed by atoms with van der Waals surface area (Å²) in [5.41, 5.74) is 6.58. The van der Waals surface area contributed by atoms with Crippen molar-refractivity contribution in [2.24, 2.45) is 0 Å². The quantitative estimate of drug-likeness (QED) is 0.877. The molecule has 0 heterocycles. The number of hydrogen-bond acceptors (Lipinski definition) is 2. The van der Waals surface area contributed by atoms with Crippen molar-refractivity contribution in [2.45, 2.75) is 39.3 Å². The molecule has 0 unspecified atom stereocenters. The third kappa shape index (κ3) is 3.27. The summed E-state index contributed by atoms with van der Waals surface area (Å²) in [6.07, 6.45) is 2.66. The van der Waals surface area contributed by atoms with Gasteiger partial charge in [0.1, 0.15) is 0 Å². The van der Waals surface area contributed by atoms with Gasteiger partial charge in [-0.3, -0.25) is 0 Å². The molecule has 2 aromatic carbocycles. The van der Waals surface area contributed by atoms with Crippen LogP contribution in [0.15, 0.2) is 42.5 Å². The monoisotopic (exact) mass is 280 g/mol. The average molecular weight is 280 g/mol. The normalized spacial score (nSPS) is 14.2. The molecule has 1 saturated carbocycles. The van der Waals surface area contributed by atoms with E-state index in [0.29, 0.717) is 0 Å². The molecule has 0 radical (unpaired) electrons. The second-order valence-electron chi connectivity index (χ2n) is 6.13. The minimum absolute atomic E-state index is 0.738. The molecule has 2 heteroatoms. The van der Waals surface area contributed by atoms with E-state index in [-0.39, 0.29) is 0 Å². The first kappa shape index (κ1) is 14.2. The molecule has 0 saturated heterocycles. The summed E-state index contributed by atoms with van der Waals surface area (Å²) in [7, 11) is 2.16. The molecule has 0 aliphatic heterocycles. The van der Waals surface area contributed by atoms with Crippen molar-refractivity contribution < 1.29 is 0 Å². The molecule has 0 bridgehead atoms. The zero-order chi connectivity index (χ0) is 14.8. The second-order valence-corrected chi connectivity index (χ2v) is 6.13. The molecule has 0 spiro atoms. The second kappa shape index (κ2) is 5.90. The van der Waals surface area contributed by atoms with Crippen molar-refractivity contribution in [1.82, 2.24) is 5.32 Å². The van der Waals surface area contributed by atoms with Gasteiger partial charge in [0.05, 0.1) is 0 Å². The highest BCUT2D eigenvalue weighted by molar-refractivity contribution is 5.68. The first-order valence-corrected chi connectivity index (χ1v) is 7.77. The van der Waals surface area contributed by atoms with Crippen LogP contribution < -0.4 is 10.2 Å². The van der Waals surface area contributed by atoms with Gasteiger partial charge in [0.25, 0.3) is 0 Å². The molecule has 1 N–H and O–H groups in total. The summed E-state index contributed by atoms with van der Waals surface area (Å²) in [4.78, 5) is 2.30. The van der Waals surface area contributed by atoms with E-state index >= 15 is 0 Å². The van der Waals surface area contributed by atoms with E-state index < -0.39 is 0 Å². The van der Waals surface area contributed by atoms with Crippen molar-refractivity contribution >= 4 is 11.4 Å². The van der Waals surface area contributed by atoms with Crippen LogP contribution >= 0.6 is 0 Å². The molecule has 1 aliphatic carbocycles. The van der Waals surface area contributed by atoms with E-state index in [2.05, 4.69) is 73.6 Å². The standard InChI is InChI=1S/C19H24N2/c1-14-8-11-19(16(12-14)13-20-17-9-10-17)21(3)18-7-5-4-6-15(18)2/h4-8,11-12,17,20H,9-10,13H2,1-3H3. The molecular formula is C19H24N2. The smallest absolute Gasteiger partial charge is 0.0453 e. The highest BCUT2D eigenvalue weighted by atomic mass is 15.1. The number of aryl methyl sites for hydroxylation is 2. The van der Waals surface area contributed by atoms with E-state index in [1.54, 1.807) is 0 Å². The van der Waals surface area contributed by atoms with Crippen molar-refractivity contribution in [1.29, 1.82) is 0 Å². The molecule has 110 valence electrons. The summed E-state index contributed by atoms with van der Waals surface area (Å²) < 4.78 is 0. The maximum Gasteiger partial charge on any atom is 0.0453 e. The number of benzene rings is 2. The summed E-state index contributed by atoms with van der Waals surface area (Å²) in [6.45, 7) is 5.29. The van der Waals surface area contributed by atoms with Gasteiger partial charge in [0.2, 0.25) is 0 Å². The molecule has 0 atom stereocenters. The number of anilines is 2. The molecule has 0 amide bonds. The third-order valence-electron chi connectivity index (χ3n) is 4.23. The summed E-state index contributed by atoms with van der Waals surface area (Å²) >= 11 is 0. The fraction of sp³-hybridized carbons (Fsp3) is 0.368. The van der Waals surface area contributed by atoms with Crippen LogP contribution in [0.5, 0.6) is 0 Å². The lowest BCUT2D eigenvalue weighted by atomic mass is 10.1. The maximum atomic E-state index is 3.63. The lowest BCUT2D eigenvalue weighted by molar-refractivity contribution is 0.687. The zero-order valence-corrected chi connectivity index (χ0v) is 13.2. The third-order valence-corrected chi connectivity index (χ3v) is 4.23. The van der Waals surface area contributed by atoms with E-state index in [4.69, 9.17) is 0 Å². The van der Waals surface area contributed by atoms with Crippen LogP contribution in [0.2, 0.25) is 0 Å². The Kier molecular flexibility index (Phi) is 3.98. The predicted octanol–water partition coefficient (Wildman–Crippen LogP) is 4.32. The van der Waals surface area contributed by atoms with Crippen LogP contribution in [0.4, 0.5) is 11.4 Å². The van der Waals surface area contributed by atoms with Gasteiger partial charge in [0, 0.05) is 31.0 Å². The highest BCUT2D eigenvalue weighted by Gasteiger charge is 2.21. The number of para-hydroxylation sites is 1. The Morgan fingerprint density at radius 3 is 2.52 bits per heavy atom. The molecule has 21 heavy (non-hydrogen) atoms. The Balaban J connectivity index is 1.90. The molecule has 1 aliphatic rings. The summed E-state index contributed by atoms with van der Waals surface area (Å²) in [5, 5.41) is 3.63. The zero-order valence-electron chi connectivity index (χ0n) is 13.2. The average Bonchev–Trinajstić information content (AvgIpc) is 3.29. The van der Waals surface area contributed by atoms with Crippen molar-refractivity contribution in [3.05, 3.63) is 59.2 Å². The fourth-order valence-electron chi connectivity index (χ4n) is 2.79. The van der Waals surface area contributed by atoms with Crippen LogP contribution in [-0.4, -0.2) is 13.1 Å². The summed E-state index contributed by atoms with van der Waals surface area (Å²) in [5.74, 6) is 0. The van der Waals surface area contributed by atoms with Crippen molar-refractivity contribution in [3.63, 3.8) is 0 Å². The van der Waals surface area contributed by atoms with Crippen LogP contribution in [-0.2, 0) is 6.54 Å². The van der Waals surface area contributed by atoms with Gasteiger partial charge >= 0.3 is 0 Å². The van der Waals surface area contributed by atoms with Crippen LogP contribution in [0.25, 0.3) is 0 Å². The van der Waals surface area contributed by atoms with Gasteiger partial charge in [-0.1, -0.05) is 35.9 Å². The number of nitrogens with one attached hydrogen (secondary N) is 1. The SMILES string of the molecule is Cc1ccc(N(C)c2ccccc2C)c(CNC2CC2)c1. The van der Waals surface area contributed by atoms with Gasteiger partial charge in [-0.25, -0.2) is 0 Å². The Labute approximate surface area is 127 Å². The Morgan fingerprint density at radius 2 is 1.81 bits per heavy atom. The Bertz CT molecular complexity index is 629. The minimum Gasteiger partial charge on any atom is -0.344 e. The van der Waals surface area contributed by atoms with Gasteiger partial charge in [-0.15, -0.1) is 0 Å². The number of rotatable bonds is 5. The maximum absolute atomic E-state index is 3.63. The molecule has 2 nitrogen and oxygen atoms in total. The van der Waals surface area contributed by atoms with Crippen LogP contribution in [0.1, 0.15) is 29.5 Å². The number of nitrogens with zero attached hydrogens (tertiary/aromatic N) is 1. The van der Waals surface area contributed by atoms with E-state index in [9.17, 15) is 0 Å². The Hall–Kier alpha value is -1.80. The van der Waals surface area contributed by atoms with Gasteiger partial charge in [-0.2, -0.15) is 0 Å². The molecule has 1 fully saturated rings. The molecule has 3 rings (SSSR count). The van der Waals surface area contributed by atoms with Crippen LogP contribution in [0.3, 0.4) is 0 Å². The van der Waals surface area contributed by atoms with Crippen molar-refractivity contribution in [2.75, 3.05) is 11.9 Å². The van der Waals surface area contributed by atoms with Crippen molar-refractivity contribution in [3.8, 4) is 0 Å². The van der Waals surface area contributed by atoms with E-state index in [1.807, 2.05) is 0 Å². The topological polar surface area (TPSA) is 15.3 Å². The first-order chi connectivity index (χ1) is 10.1. The largest absolute Gasteiger partial charge is 0.344 e. The van der Waals surface area contributed by atoms with Gasteiger partial charge in [-0.05, 0) is 49.9 Å². The first-order valence-electron chi connectivity index (χ1n) is 7.77. The minimum atomic E-state index is 0.738. The van der Waals surface area contributed by atoms with Gasteiger partial charge in [0.15, 0.2) is 0 Å². The lowest BCUT2D eigenvalue weighted by Crippen LogP contribution is -2.19. The highest BCUT2D eigenvalue weighted by Crippen LogP contribution is 2.30. The predicted molar refractivity (Wildman–Crippen MR) is 90.3 cm³/mol. The molecular weight excluding hydrogens is 256 g/mol. The van der Waals surface area contributed by atoms with Crippen LogP contribution in [0, 0.1) is 13.8 Å².